The van der Waals surface area contributed by atoms with Crippen LogP contribution in [-0.2, 0) is 17.8 Å². The monoisotopic (exact) mass is 448 g/mol. The summed E-state index contributed by atoms with van der Waals surface area (Å²) < 4.78 is 29.0. The summed E-state index contributed by atoms with van der Waals surface area (Å²) in [7, 11) is 1.60. The number of hydrogen-bond acceptors (Lipinski definition) is 7. The summed E-state index contributed by atoms with van der Waals surface area (Å²) in [6.07, 6.45) is 2.11. The average Bonchev–Trinajstić information content (AvgIpc) is 3.32. The number of rotatable bonds is 9. The number of aromatic nitrogens is 3. The Bertz CT molecular complexity index is 1210. The molecule has 0 radical (unpaired) electrons. The van der Waals surface area contributed by atoms with Gasteiger partial charge < -0.3 is 19.3 Å². The minimum Gasteiger partial charge on any atom is -0.497 e. The highest BCUT2D eigenvalue weighted by Gasteiger charge is 2.11. The van der Waals surface area contributed by atoms with Crippen molar-refractivity contribution in [1.29, 1.82) is 0 Å². The molecule has 0 aliphatic heterocycles. The highest BCUT2D eigenvalue weighted by atomic mass is 19.1. The Balaban J connectivity index is 1.26. The van der Waals surface area contributed by atoms with Crippen LogP contribution in [-0.4, -0.2) is 28.1 Å². The van der Waals surface area contributed by atoms with Crippen molar-refractivity contribution in [3.63, 3.8) is 0 Å². The Labute approximate surface area is 189 Å². The maximum atomic E-state index is 13.0. The van der Waals surface area contributed by atoms with Crippen LogP contribution in [0.1, 0.15) is 17.9 Å². The van der Waals surface area contributed by atoms with Gasteiger partial charge in [-0.2, -0.15) is 4.98 Å². The van der Waals surface area contributed by atoms with E-state index < -0.39 is 0 Å². The number of ether oxygens (including phenoxy) is 2. The van der Waals surface area contributed by atoms with Crippen molar-refractivity contribution in [3.05, 3.63) is 84.1 Å². The second kappa shape index (κ2) is 10.4. The number of hydrogen-bond donors (Lipinski definition) is 1. The zero-order chi connectivity index (χ0) is 23.0. The summed E-state index contributed by atoms with van der Waals surface area (Å²) in [4.78, 5) is 20.7. The van der Waals surface area contributed by atoms with Gasteiger partial charge in [-0.1, -0.05) is 5.16 Å². The molecule has 0 aliphatic carbocycles. The third-order valence-electron chi connectivity index (χ3n) is 4.71. The van der Waals surface area contributed by atoms with Gasteiger partial charge in [-0.3, -0.25) is 4.79 Å². The van der Waals surface area contributed by atoms with Crippen LogP contribution in [0.25, 0.3) is 11.4 Å². The molecule has 4 rings (SSSR count). The Morgan fingerprint density at radius 1 is 1.06 bits per heavy atom. The lowest BCUT2D eigenvalue weighted by Gasteiger charge is -2.08. The van der Waals surface area contributed by atoms with E-state index in [1.165, 1.54) is 24.3 Å². The third kappa shape index (κ3) is 6.13. The summed E-state index contributed by atoms with van der Waals surface area (Å²) in [6, 6.07) is 16.4. The predicted octanol–water partition coefficient (Wildman–Crippen LogP) is 4.32. The van der Waals surface area contributed by atoms with Gasteiger partial charge in [-0.05, 0) is 60.2 Å². The maximum absolute atomic E-state index is 13.0. The number of nitrogens with zero attached hydrogens (tertiary/aromatic N) is 3. The number of nitrogens with one attached hydrogen (secondary N) is 1. The molecule has 0 saturated carbocycles. The molecule has 0 bridgehead atoms. The van der Waals surface area contributed by atoms with Gasteiger partial charge in [0.1, 0.15) is 17.3 Å². The number of aryl methyl sites for hydroxylation is 1. The SMILES string of the molecule is COc1ccc(-c2noc(CCC(=O)NCc3ccnc(Oc4ccc(F)cc4)c3)n2)cc1. The summed E-state index contributed by atoms with van der Waals surface area (Å²) in [5, 5.41) is 6.81. The predicted molar refractivity (Wildman–Crippen MR) is 117 cm³/mol. The Kier molecular flexibility index (Phi) is 6.89. The third-order valence-corrected chi connectivity index (χ3v) is 4.71. The molecule has 0 unspecified atom stereocenters. The Morgan fingerprint density at radius 2 is 1.82 bits per heavy atom. The number of amides is 1. The van der Waals surface area contributed by atoms with Gasteiger partial charge in [0.05, 0.1) is 7.11 Å². The van der Waals surface area contributed by atoms with E-state index in [9.17, 15) is 9.18 Å². The number of halogens is 1. The fourth-order valence-corrected chi connectivity index (χ4v) is 2.96. The van der Waals surface area contributed by atoms with Crippen LogP contribution >= 0.6 is 0 Å². The molecule has 2 aromatic carbocycles. The number of carbonyl (C=O) groups is 1. The number of carbonyl (C=O) groups excluding carboxylic acids is 1. The van der Waals surface area contributed by atoms with Crippen molar-refractivity contribution in [2.75, 3.05) is 7.11 Å². The van der Waals surface area contributed by atoms with Crippen LogP contribution in [0.15, 0.2) is 71.4 Å². The van der Waals surface area contributed by atoms with Gasteiger partial charge in [0.15, 0.2) is 0 Å². The molecule has 2 heterocycles. The lowest BCUT2D eigenvalue weighted by atomic mass is 10.2. The molecule has 0 spiro atoms. The van der Waals surface area contributed by atoms with Crippen molar-refractivity contribution in [2.45, 2.75) is 19.4 Å². The highest BCUT2D eigenvalue weighted by molar-refractivity contribution is 5.76. The average molecular weight is 448 g/mol. The Morgan fingerprint density at radius 3 is 2.58 bits per heavy atom. The second-order valence-electron chi connectivity index (χ2n) is 7.08. The van der Waals surface area contributed by atoms with Crippen LogP contribution in [0.5, 0.6) is 17.4 Å². The first-order chi connectivity index (χ1) is 16.1. The molecule has 1 amide bonds. The normalized spacial score (nSPS) is 10.6. The first kappa shape index (κ1) is 21.9. The number of methoxy groups -OCH3 is 1. The molecule has 168 valence electrons. The van der Waals surface area contributed by atoms with E-state index in [0.717, 1.165) is 16.9 Å². The topological polar surface area (TPSA) is 99.4 Å². The minimum atomic E-state index is -0.343. The molecule has 0 fully saturated rings. The lowest BCUT2D eigenvalue weighted by molar-refractivity contribution is -0.121. The number of pyridine rings is 1. The standard InChI is InChI=1S/C24H21FN4O4/c1-31-19-6-2-17(3-7-19)24-28-22(33-29-24)11-10-21(30)27-15-16-12-13-26-23(14-16)32-20-8-4-18(25)5-9-20/h2-9,12-14H,10-11,15H2,1H3,(H,27,30). The van der Waals surface area contributed by atoms with Crippen LogP contribution in [0.2, 0.25) is 0 Å². The molecule has 1 N–H and O–H groups in total. The molecule has 33 heavy (non-hydrogen) atoms. The van der Waals surface area contributed by atoms with E-state index in [1.54, 1.807) is 25.4 Å². The summed E-state index contributed by atoms with van der Waals surface area (Å²) >= 11 is 0. The van der Waals surface area contributed by atoms with E-state index >= 15 is 0 Å². The van der Waals surface area contributed by atoms with E-state index in [4.69, 9.17) is 14.0 Å². The largest absolute Gasteiger partial charge is 0.497 e. The van der Waals surface area contributed by atoms with Crippen LogP contribution in [0.4, 0.5) is 4.39 Å². The zero-order valence-corrected chi connectivity index (χ0v) is 17.8. The van der Waals surface area contributed by atoms with Gasteiger partial charge in [-0.25, -0.2) is 9.37 Å². The smallest absolute Gasteiger partial charge is 0.227 e. The first-order valence-electron chi connectivity index (χ1n) is 10.2. The fourth-order valence-electron chi connectivity index (χ4n) is 2.96. The second-order valence-corrected chi connectivity index (χ2v) is 7.08. The highest BCUT2D eigenvalue weighted by Crippen LogP contribution is 2.21. The Hall–Kier alpha value is -4.27. The van der Waals surface area contributed by atoms with Crippen molar-refractivity contribution in [1.82, 2.24) is 20.4 Å². The zero-order valence-electron chi connectivity index (χ0n) is 17.8. The van der Waals surface area contributed by atoms with Gasteiger partial charge >= 0.3 is 0 Å². The summed E-state index contributed by atoms with van der Waals surface area (Å²) in [5.74, 6) is 1.90. The van der Waals surface area contributed by atoms with E-state index in [0.29, 0.717) is 36.3 Å². The van der Waals surface area contributed by atoms with E-state index in [2.05, 4.69) is 20.4 Å². The maximum Gasteiger partial charge on any atom is 0.227 e. The summed E-state index contributed by atoms with van der Waals surface area (Å²) in [6.45, 7) is 0.308. The van der Waals surface area contributed by atoms with Crippen LogP contribution in [0.3, 0.4) is 0 Å². The quantitative estimate of drug-likeness (QED) is 0.407. The lowest BCUT2D eigenvalue weighted by Crippen LogP contribution is -2.23. The van der Waals surface area contributed by atoms with Crippen molar-refractivity contribution < 1.29 is 23.2 Å². The molecule has 8 nitrogen and oxygen atoms in total. The van der Waals surface area contributed by atoms with Gasteiger partial charge in [0.2, 0.25) is 23.5 Å². The minimum absolute atomic E-state index is 0.156. The fraction of sp³-hybridized carbons (Fsp3) is 0.167. The van der Waals surface area contributed by atoms with Crippen molar-refractivity contribution in [3.8, 4) is 28.8 Å². The molecule has 4 aromatic rings. The molecule has 0 saturated heterocycles. The molecule has 0 aliphatic rings. The summed E-state index contributed by atoms with van der Waals surface area (Å²) in [5.41, 5.74) is 1.61. The van der Waals surface area contributed by atoms with Gasteiger partial charge in [0.25, 0.3) is 0 Å². The van der Waals surface area contributed by atoms with Gasteiger partial charge in [0, 0.05) is 37.2 Å². The molecule has 2 aromatic heterocycles. The first-order valence-corrected chi connectivity index (χ1v) is 10.2. The van der Waals surface area contributed by atoms with Crippen LogP contribution < -0.4 is 14.8 Å². The van der Waals surface area contributed by atoms with Crippen LogP contribution in [0, 0.1) is 5.82 Å². The van der Waals surface area contributed by atoms with Crippen molar-refractivity contribution >= 4 is 5.91 Å². The van der Waals surface area contributed by atoms with E-state index in [-0.39, 0.29) is 18.1 Å². The molecule has 0 atom stereocenters. The van der Waals surface area contributed by atoms with E-state index in [1.807, 2.05) is 24.3 Å². The van der Waals surface area contributed by atoms with Gasteiger partial charge in [-0.15, -0.1) is 0 Å². The van der Waals surface area contributed by atoms with Crippen molar-refractivity contribution in [2.24, 2.45) is 0 Å². The molecular weight excluding hydrogens is 427 g/mol. The molecular formula is C24H21FN4O4. The number of benzene rings is 2. The molecule has 9 heteroatoms.